The zero-order chi connectivity index (χ0) is 14.6. The number of hydrogen-bond donors (Lipinski definition) is 1. The number of fused-ring (bicyclic) bond motifs is 1. The average molecular weight is 274 g/mol. The first-order valence-electron chi connectivity index (χ1n) is 8.00. The van der Waals surface area contributed by atoms with Gasteiger partial charge in [0.05, 0.1) is 0 Å². The molecule has 0 spiro atoms. The summed E-state index contributed by atoms with van der Waals surface area (Å²) in [5.41, 5.74) is 9.18. The van der Waals surface area contributed by atoms with Crippen LogP contribution in [0.5, 0.6) is 0 Å². The maximum absolute atomic E-state index is 5.77. The highest BCUT2D eigenvalue weighted by Crippen LogP contribution is 2.32. The van der Waals surface area contributed by atoms with Gasteiger partial charge in [0, 0.05) is 13.1 Å². The average Bonchev–Trinajstić information content (AvgIpc) is 2.79. The molecule has 1 unspecified atom stereocenters. The van der Waals surface area contributed by atoms with Gasteiger partial charge in [0.25, 0.3) is 0 Å². The van der Waals surface area contributed by atoms with E-state index in [0.717, 1.165) is 32.0 Å². The monoisotopic (exact) mass is 274 g/mol. The molecule has 1 aliphatic rings. The van der Waals surface area contributed by atoms with Gasteiger partial charge in [0.15, 0.2) is 0 Å². The van der Waals surface area contributed by atoms with Crippen molar-refractivity contribution in [1.29, 1.82) is 0 Å². The maximum Gasteiger partial charge on any atom is 0.0240 e. The van der Waals surface area contributed by atoms with Gasteiger partial charge in [-0.1, -0.05) is 45.0 Å². The third-order valence-electron chi connectivity index (χ3n) is 4.67. The number of benzene rings is 1. The summed E-state index contributed by atoms with van der Waals surface area (Å²) in [7, 11) is 0. The summed E-state index contributed by atoms with van der Waals surface area (Å²) in [6, 6.07) is 8.84. The predicted octanol–water partition coefficient (Wildman–Crippen LogP) is 3.79. The highest BCUT2D eigenvalue weighted by molar-refractivity contribution is 5.30. The number of nitrogens with zero attached hydrogens (tertiary/aromatic N) is 1. The Morgan fingerprint density at radius 1 is 1.10 bits per heavy atom. The maximum atomic E-state index is 5.77. The molecule has 1 aromatic rings. The number of rotatable bonds is 6. The van der Waals surface area contributed by atoms with Crippen molar-refractivity contribution in [2.24, 2.45) is 17.1 Å². The summed E-state index contributed by atoms with van der Waals surface area (Å²) in [5, 5.41) is 0. The first-order chi connectivity index (χ1) is 9.50. The molecule has 0 saturated carbocycles. The molecule has 1 atom stereocenters. The van der Waals surface area contributed by atoms with Crippen LogP contribution in [0.1, 0.15) is 51.2 Å². The third-order valence-corrected chi connectivity index (χ3v) is 4.67. The lowest BCUT2D eigenvalue weighted by Crippen LogP contribution is -2.25. The molecule has 1 aromatic carbocycles. The Labute approximate surface area is 124 Å². The fourth-order valence-corrected chi connectivity index (χ4v) is 3.33. The van der Waals surface area contributed by atoms with Crippen LogP contribution in [0.3, 0.4) is 0 Å². The minimum atomic E-state index is 0.382. The van der Waals surface area contributed by atoms with Crippen LogP contribution in [-0.4, -0.2) is 18.0 Å². The van der Waals surface area contributed by atoms with Gasteiger partial charge in [-0.25, -0.2) is 0 Å². The van der Waals surface area contributed by atoms with Gasteiger partial charge in [0.2, 0.25) is 0 Å². The SMILES string of the molecule is CC(C)(C)C(CCN)CCCN1Cc2ccccc2C1. The normalized spacial score (nSPS) is 17.2. The van der Waals surface area contributed by atoms with E-state index < -0.39 is 0 Å². The van der Waals surface area contributed by atoms with Crippen molar-refractivity contribution in [3.8, 4) is 0 Å². The van der Waals surface area contributed by atoms with Crippen molar-refractivity contribution < 1.29 is 0 Å². The largest absolute Gasteiger partial charge is 0.330 e. The predicted molar refractivity (Wildman–Crippen MR) is 86.4 cm³/mol. The van der Waals surface area contributed by atoms with Gasteiger partial charge in [-0.3, -0.25) is 4.90 Å². The molecule has 2 N–H and O–H groups in total. The van der Waals surface area contributed by atoms with Gasteiger partial charge in [0.1, 0.15) is 0 Å². The van der Waals surface area contributed by atoms with Gasteiger partial charge >= 0.3 is 0 Å². The van der Waals surface area contributed by atoms with E-state index in [2.05, 4.69) is 49.9 Å². The molecule has 2 heteroatoms. The molecule has 2 nitrogen and oxygen atoms in total. The zero-order valence-corrected chi connectivity index (χ0v) is 13.4. The van der Waals surface area contributed by atoms with Gasteiger partial charge in [-0.15, -0.1) is 0 Å². The smallest absolute Gasteiger partial charge is 0.0240 e. The van der Waals surface area contributed by atoms with Gasteiger partial charge in [-0.2, -0.15) is 0 Å². The van der Waals surface area contributed by atoms with Crippen molar-refractivity contribution in [2.75, 3.05) is 13.1 Å². The highest BCUT2D eigenvalue weighted by Gasteiger charge is 2.24. The standard InChI is InChI=1S/C18H30N2/c1-18(2,3)17(10-11-19)9-6-12-20-13-15-7-4-5-8-16(15)14-20/h4-5,7-8,17H,6,9-14,19H2,1-3H3. The van der Waals surface area contributed by atoms with Crippen LogP contribution >= 0.6 is 0 Å². The van der Waals surface area contributed by atoms with Crippen LogP contribution in [0.25, 0.3) is 0 Å². The second kappa shape index (κ2) is 6.73. The van der Waals surface area contributed by atoms with Gasteiger partial charge < -0.3 is 5.73 Å². The van der Waals surface area contributed by atoms with Crippen molar-refractivity contribution in [1.82, 2.24) is 4.90 Å². The molecular formula is C18H30N2. The van der Waals surface area contributed by atoms with Crippen LogP contribution in [-0.2, 0) is 13.1 Å². The van der Waals surface area contributed by atoms with Crippen molar-refractivity contribution >= 4 is 0 Å². The fourth-order valence-electron chi connectivity index (χ4n) is 3.33. The Balaban J connectivity index is 1.77. The minimum absolute atomic E-state index is 0.382. The van der Waals surface area contributed by atoms with Crippen LogP contribution in [0.15, 0.2) is 24.3 Å². The van der Waals surface area contributed by atoms with E-state index in [-0.39, 0.29) is 0 Å². The van der Waals surface area contributed by atoms with E-state index in [1.807, 2.05) is 0 Å². The lowest BCUT2D eigenvalue weighted by atomic mass is 9.76. The summed E-state index contributed by atoms with van der Waals surface area (Å²) in [6.45, 7) is 11.3. The quantitative estimate of drug-likeness (QED) is 0.855. The summed E-state index contributed by atoms with van der Waals surface area (Å²) in [6.07, 6.45) is 3.74. The van der Waals surface area contributed by atoms with E-state index >= 15 is 0 Å². The van der Waals surface area contributed by atoms with Crippen molar-refractivity contribution in [3.05, 3.63) is 35.4 Å². The molecule has 2 rings (SSSR count). The second-order valence-electron chi connectivity index (χ2n) is 7.26. The van der Waals surface area contributed by atoms with Crippen LogP contribution in [0.4, 0.5) is 0 Å². The summed E-state index contributed by atoms with van der Waals surface area (Å²) < 4.78 is 0. The molecule has 1 aliphatic heterocycles. The first kappa shape index (κ1) is 15.5. The Bertz CT molecular complexity index is 395. The highest BCUT2D eigenvalue weighted by atomic mass is 15.1. The molecule has 112 valence electrons. The van der Waals surface area contributed by atoms with Crippen molar-refractivity contribution in [2.45, 2.75) is 53.1 Å². The first-order valence-corrected chi connectivity index (χ1v) is 8.00. The lowest BCUT2D eigenvalue weighted by molar-refractivity contribution is 0.194. The Kier molecular flexibility index (Phi) is 5.22. The molecule has 0 aliphatic carbocycles. The molecule has 0 aromatic heterocycles. The van der Waals surface area contributed by atoms with Crippen molar-refractivity contribution in [3.63, 3.8) is 0 Å². The van der Waals surface area contributed by atoms with Gasteiger partial charge in [-0.05, 0) is 54.8 Å². The summed E-state index contributed by atoms with van der Waals surface area (Å²) >= 11 is 0. The molecular weight excluding hydrogens is 244 g/mol. The molecule has 0 radical (unpaired) electrons. The van der Waals surface area contributed by atoms with E-state index in [4.69, 9.17) is 5.73 Å². The van der Waals surface area contributed by atoms with Crippen LogP contribution < -0.4 is 5.73 Å². The molecule has 0 bridgehead atoms. The Morgan fingerprint density at radius 3 is 2.20 bits per heavy atom. The number of nitrogens with two attached hydrogens (primary N) is 1. The van der Waals surface area contributed by atoms with Crippen LogP contribution in [0.2, 0.25) is 0 Å². The summed E-state index contributed by atoms with van der Waals surface area (Å²) in [4.78, 5) is 2.58. The lowest BCUT2D eigenvalue weighted by Gasteiger charge is -2.31. The second-order valence-corrected chi connectivity index (χ2v) is 7.26. The van der Waals surface area contributed by atoms with E-state index in [9.17, 15) is 0 Å². The molecule has 20 heavy (non-hydrogen) atoms. The van der Waals surface area contributed by atoms with E-state index in [0.29, 0.717) is 5.41 Å². The Morgan fingerprint density at radius 2 is 1.70 bits per heavy atom. The molecule has 0 saturated heterocycles. The molecule has 0 fully saturated rings. The third kappa shape index (κ3) is 4.07. The minimum Gasteiger partial charge on any atom is -0.330 e. The Hall–Kier alpha value is -0.860. The van der Waals surface area contributed by atoms with Crippen LogP contribution in [0, 0.1) is 11.3 Å². The molecule has 1 heterocycles. The topological polar surface area (TPSA) is 29.3 Å². The number of hydrogen-bond acceptors (Lipinski definition) is 2. The zero-order valence-electron chi connectivity index (χ0n) is 13.4. The molecule has 0 amide bonds. The van der Waals surface area contributed by atoms with E-state index in [1.54, 1.807) is 0 Å². The fraction of sp³-hybridized carbons (Fsp3) is 0.667. The van der Waals surface area contributed by atoms with E-state index in [1.165, 1.54) is 30.5 Å². The summed E-state index contributed by atoms with van der Waals surface area (Å²) in [5.74, 6) is 0.748.